The summed E-state index contributed by atoms with van der Waals surface area (Å²) in [4.78, 5) is 11.7. The normalized spacial score (nSPS) is 10.8. The maximum absolute atomic E-state index is 11.7. The number of rotatable bonds is 18. The largest absolute Gasteiger partial charge is 0.490 e. The molecule has 0 aliphatic carbocycles. The summed E-state index contributed by atoms with van der Waals surface area (Å²) in [5.74, 6) is 0.616. The highest BCUT2D eigenvalue weighted by molar-refractivity contribution is 5.69. The highest BCUT2D eigenvalue weighted by atomic mass is 16.6. The van der Waals surface area contributed by atoms with Crippen molar-refractivity contribution in [3.05, 3.63) is 24.3 Å². The van der Waals surface area contributed by atoms with Crippen LogP contribution < -0.4 is 10.5 Å². The molecule has 4 heteroatoms. The van der Waals surface area contributed by atoms with Crippen molar-refractivity contribution in [1.29, 1.82) is 0 Å². The van der Waals surface area contributed by atoms with Gasteiger partial charge in [-0.1, -0.05) is 84.0 Å². The summed E-state index contributed by atoms with van der Waals surface area (Å²) < 4.78 is 10.7. The summed E-state index contributed by atoms with van der Waals surface area (Å²) >= 11 is 0. The van der Waals surface area contributed by atoms with E-state index in [1.54, 1.807) is 12.1 Å². The van der Waals surface area contributed by atoms with Gasteiger partial charge in [-0.15, -0.1) is 0 Å². The molecule has 1 aromatic rings. The molecule has 0 atom stereocenters. The molecular weight excluding hydrogens is 350 g/mol. The molecule has 1 aromatic carbocycles. The summed E-state index contributed by atoms with van der Waals surface area (Å²) in [5.41, 5.74) is 6.32. The van der Waals surface area contributed by atoms with E-state index < -0.39 is 0 Å². The third kappa shape index (κ3) is 14.4. The van der Waals surface area contributed by atoms with E-state index in [0.717, 1.165) is 18.6 Å². The van der Waals surface area contributed by atoms with Crippen LogP contribution in [-0.4, -0.2) is 19.2 Å². The van der Waals surface area contributed by atoms with Gasteiger partial charge in [0.25, 0.3) is 0 Å². The van der Waals surface area contributed by atoms with Crippen molar-refractivity contribution in [2.24, 2.45) is 0 Å². The number of carbonyl (C=O) groups is 1. The Bertz CT molecular complexity index is 487. The topological polar surface area (TPSA) is 61.5 Å². The number of carbonyl (C=O) groups excluding carboxylic acids is 1. The minimum absolute atomic E-state index is 0.121. The molecule has 0 heterocycles. The smallest absolute Gasteiger partial charge is 0.305 e. The number of unbranched alkanes of at least 4 members (excludes halogenated alkanes) is 12. The lowest BCUT2D eigenvalue weighted by atomic mass is 10.0. The van der Waals surface area contributed by atoms with Crippen LogP contribution in [0.15, 0.2) is 24.3 Å². The molecule has 0 amide bonds. The molecule has 160 valence electrons. The molecule has 0 bridgehead atoms. The maximum Gasteiger partial charge on any atom is 0.305 e. The molecule has 0 spiro atoms. The SMILES string of the molecule is CCCCCCCCCCCCCCCC(=O)OCCOc1ccc(N)cc1. The fourth-order valence-corrected chi connectivity index (χ4v) is 3.24. The zero-order valence-corrected chi connectivity index (χ0v) is 17.9. The summed E-state index contributed by atoms with van der Waals surface area (Å²) in [7, 11) is 0. The van der Waals surface area contributed by atoms with Crippen molar-refractivity contribution in [3.8, 4) is 5.75 Å². The average molecular weight is 392 g/mol. The minimum Gasteiger partial charge on any atom is -0.490 e. The van der Waals surface area contributed by atoms with Gasteiger partial charge in [0.2, 0.25) is 0 Å². The number of ether oxygens (including phenoxy) is 2. The van der Waals surface area contributed by atoms with Crippen LogP contribution in [0.25, 0.3) is 0 Å². The van der Waals surface area contributed by atoms with Crippen LogP contribution >= 0.6 is 0 Å². The first-order valence-electron chi connectivity index (χ1n) is 11.4. The Labute approximate surface area is 172 Å². The first-order valence-corrected chi connectivity index (χ1v) is 11.4. The van der Waals surface area contributed by atoms with Gasteiger partial charge in [0.05, 0.1) is 0 Å². The molecule has 0 saturated carbocycles. The van der Waals surface area contributed by atoms with Gasteiger partial charge in [-0.2, -0.15) is 0 Å². The quantitative estimate of drug-likeness (QED) is 0.172. The lowest BCUT2D eigenvalue weighted by Crippen LogP contribution is -2.12. The van der Waals surface area contributed by atoms with E-state index >= 15 is 0 Å². The molecule has 0 aliphatic heterocycles. The lowest BCUT2D eigenvalue weighted by Gasteiger charge is -2.07. The van der Waals surface area contributed by atoms with Crippen molar-refractivity contribution in [3.63, 3.8) is 0 Å². The number of hydrogen-bond acceptors (Lipinski definition) is 4. The van der Waals surface area contributed by atoms with Crippen LogP contribution in [0.4, 0.5) is 5.69 Å². The zero-order chi connectivity index (χ0) is 20.3. The lowest BCUT2D eigenvalue weighted by molar-refractivity contribution is -0.144. The summed E-state index contributed by atoms with van der Waals surface area (Å²) in [6.45, 7) is 2.93. The molecule has 0 aromatic heterocycles. The van der Waals surface area contributed by atoms with Gasteiger partial charge in [-0.3, -0.25) is 4.79 Å². The Kier molecular flexibility index (Phi) is 15.1. The van der Waals surface area contributed by atoms with Gasteiger partial charge >= 0.3 is 5.97 Å². The molecule has 4 nitrogen and oxygen atoms in total. The highest BCUT2D eigenvalue weighted by Gasteiger charge is 2.03. The molecule has 0 fully saturated rings. The second-order valence-electron chi connectivity index (χ2n) is 7.63. The fourth-order valence-electron chi connectivity index (χ4n) is 3.24. The number of hydrogen-bond donors (Lipinski definition) is 1. The van der Waals surface area contributed by atoms with Crippen molar-refractivity contribution < 1.29 is 14.3 Å². The molecule has 2 N–H and O–H groups in total. The van der Waals surface area contributed by atoms with E-state index in [2.05, 4.69) is 6.92 Å². The monoisotopic (exact) mass is 391 g/mol. The van der Waals surface area contributed by atoms with Crippen LogP contribution in [0, 0.1) is 0 Å². The summed E-state index contributed by atoms with van der Waals surface area (Å²) in [6.07, 6.45) is 17.5. The Morgan fingerprint density at radius 1 is 0.750 bits per heavy atom. The summed E-state index contributed by atoms with van der Waals surface area (Å²) in [5, 5.41) is 0. The second-order valence-corrected chi connectivity index (χ2v) is 7.63. The van der Waals surface area contributed by atoms with Gasteiger partial charge < -0.3 is 15.2 Å². The third-order valence-corrected chi connectivity index (χ3v) is 4.98. The van der Waals surface area contributed by atoms with Gasteiger partial charge in [0.15, 0.2) is 0 Å². The van der Waals surface area contributed by atoms with Crippen molar-refractivity contribution in [2.45, 2.75) is 96.8 Å². The van der Waals surface area contributed by atoms with E-state index in [1.165, 1.54) is 70.6 Å². The Hall–Kier alpha value is -1.71. The molecular formula is C24H41NO3. The number of esters is 1. The first-order chi connectivity index (χ1) is 13.7. The molecule has 28 heavy (non-hydrogen) atoms. The predicted molar refractivity (Wildman–Crippen MR) is 118 cm³/mol. The van der Waals surface area contributed by atoms with Crippen molar-refractivity contribution in [1.82, 2.24) is 0 Å². The van der Waals surface area contributed by atoms with E-state index in [1.807, 2.05) is 12.1 Å². The molecule has 0 radical (unpaired) electrons. The Morgan fingerprint density at radius 2 is 1.25 bits per heavy atom. The number of benzene rings is 1. The second kappa shape index (κ2) is 17.4. The van der Waals surface area contributed by atoms with Crippen LogP contribution in [-0.2, 0) is 9.53 Å². The predicted octanol–water partition coefficient (Wildman–Crippen LogP) is 6.67. The number of anilines is 1. The zero-order valence-electron chi connectivity index (χ0n) is 17.9. The Balaban J connectivity index is 1.81. The van der Waals surface area contributed by atoms with Crippen LogP contribution in [0.3, 0.4) is 0 Å². The highest BCUT2D eigenvalue weighted by Crippen LogP contribution is 2.14. The first kappa shape index (κ1) is 24.3. The van der Waals surface area contributed by atoms with E-state index in [0.29, 0.717) is 25.3 Å². The minimum atomic E-state index is -0.121. The summed E-state index contributed by atoms with van der Waals surface area (Å²) in [6, 6.07) is 7.20. The van der Waals surface area contributed by atoms with Crippen LogP contribution in [0.1, 0.15) is 96.8 Å². The van der Waals surface area contributed by atoms with Gasteiger partial charge in [-0.05, 0) is 30.7 Å². The third-order valence-electron chi connectivity index (χ3n) is 4.98. The van der Waals surface area contributed by atoms with Crippen LogP contribution in [0.2, 0.25) is 0 Å². The maximum atomic E-state index is 11.7. The van der Waals surface area contributed by atoms with Crippen molar-refractivity contribution in [2.75, 3.05) is 18.9 Å². The Morgan fingerprint density at radius 3 is 1.79 bits per heavy atom. The molecule has 0 aliphatic rings. The number of nitrogen functional groups attached to an aromatic ring is 1. The van der Waals surface area contributed by atoms with E-state index in [4.69, 9.17) is 15.2 Å². The van der Waals surface area contributed by atoms with Crippen molar-refractivity contribution >= 4 is 11.7 Å². The average Bonchev–Trinajstić information content (AvgIpc) is 2.70. The van der Waals surface area contributed by atoms with Gasteiger partial charge in [-0.25, -0.2) is 0 Å². The standard InChI is InChI=1S/C24H41NO3/c1-2-3-4-5-6-7-8-9-10-11-12-13-14-15-24(26)28-21-20-27-23-18-16-22(25)17-19-23/h16-19H,2-15,20-21,25H2,1H3. The fraction of sp³-hybridized carbons (Fsp3) is 0.708. The van der Waals surface area contributed by atoms with Gasteiger partial charge in [0, 0.05) is 12.1 Å². The molecule has 0 saturated heterocycles. The molecule has 0 unspecified atom stereocenters. The molecule has 1 rings (SSSR count). The van der Waals surface area contributed by atoms with E-state index in [9.17, 15) is 4.79 Å². The van der Waals surface area contributed by atoms with Gasteiger partial charge in [0.1, 0.15) is 19.0 Å². The van der Waals surface area contributed by atoms with Crippen LogP contribution in [0.5, 0.6) is 5.75 Å². The van der Waals surface area contributed by atoms with E-state index in [-0.39, 0.29) is 5.97 Å². The number of nitrogens with two attached hydrogens (primary N) is 1.